The predicted molar refractivity (Wildman–Crippen MR) is 118 cm³/mol. The summed E-state index contributed by atoms with van der Waals surface area (Å²) in [5, 5.41) is 0. The molecule has 1 aromatic carbocycles. The van der Waals surface area contributed by atoms with Gasteiger partial charge in [-0.3, -0.25) is 4.79 Å². The number of hydrogen-bond donors (Lipinski definition) is 0. The Hall–Kier alpha value is -1.34. The van der Waals surface area contributed by atoms with Crippen LogP contribution in [-0.4, -0.2) is 49.7 Å². The lowest BCUT2D eigenvalue weighted by Gasteiger charge is -2.32. The SMILES string of the molecule is COC(=O)CC(B1OC(C)(C)C(C)(C)O1)c1ccc(B2OC(C)(C)C(C)(C)O2)cc1. The van der Waals surface area contributed by atoms with Crippen molar-refractivity contribution in [2.24, 2.45) is 0 Å². The molecular formula is C22H34B2O6. The van der Waals surface area contributed by atoms with Gasteiger partial charge in [0.15, 0.2) is 0 Å². The van der Waals surface area contributed by atoms with Crippen molar-refractivity contribution in [3.8, 4) is 0 Å². The maximum atomic E-state index is 12.1. The van der Waals surface area contributed by atoms with Crippen LogP contribution in [0.4, 0.5) is 0 Å². The van der Waals surface area contributed by atoms with Crippen LogP contribution in [0.3, 0.4) is 0 Å². The fourth-order valence-corrected chi connectivity index (χ4v) is 3.57. The summed E-state index contributed by atoms with van der Waals surface area (Å²) in [6.07, 6.45) is 0.170. The molecule has 0 saturated carbocycles. The lowest BCUT2D eigenvalue weighted by molar-refractivity contribution is -0.140. The third kappa shape index (κ3) is 4.20. The number of rotatable bonds is 5. The normalized spacial score (nSPS) is 24.7. The lowest BCUT2D eigenvalue weighted by Crippen LogP contribution is -2.41. The second-order valence-corrected chi connectivity index (χ2v) is 10.3. The second-order valence-electron chi connectivity index (χ2n) is 10.3. The van der Waals surface area contributed by atoms with E-state index in [1.807, 2.05) is 79.7 Å². The van der Waals surface area contributed by atoms with Crippen LogP contribution in [0.5, 0.6) is 0 Å². The van der Waals surface area contributed by atoms with Crippen LogP contribution in [0.1, 0.15) is 73.2 Å². The van der Waals surface area contributed by atoms with Gasteiger partial charge in [-0.05, 0) is 66.4 Å². The molecule has 0 bridgehead atoms. The minimum Gasteiger partial charge on any atom is -0.469 e. The first-order valence-corrected chi connectivity index (χ1v) is 10.6. The molecule has 2 fully saturated rings. The molecule has 3 rings (SSSR count). The van der Waals surface area contributed by atoms with Gasteiger partial charge in [-0.15, -0.1) is 0 Å². The van der Waals surface area contributed by atoms with Gasteiger partial charge in [0.25, 0.3) is 0 Å². The summed E-state index contributed by atoms with van der Waals surface area (Å²) in [5.41, 5.74) is 0.129. The van der Waals surface area contributed by atoms with Crippen molar-refractivity contribution in [2.75, 3.05) is 7.11 Å². The molecule has 2 heterocycles. The largest absolute Gasteiger partial charge is 0.494 e. The Kier molecular flexibility index (Phi) is 5.96. The van der Waals surface area contributed by atoms with Gasteiger partial charge in [0, 0.05) is 5.82 Å². The van der Waals surface area contributed by atoms with Gasteiger partial charge in [-0.1, -0.05) is 24.3 Å². The molecule has 0 N–H and O–H groups in total. The molecule has 0 aromatic heterocycles. The van der Waals surface area contributed by atoms with E-state index in [9.17, 15) is 4.79 Å². The molecule has 30 heavy (non-hydrogen) atoms. The van der Waals surface area contributed by atoms with Crippen molar-refractivity contribution in [2.45, 2.75) is 90.0 Å². The highest BCUT2D eigenvalue weighted by Gasteiger charge is 2.55. The van der Waals surface area contributed by atoms with Crippen LogP contribution < -0.4 is 5.46 Å². The Morgan fingerprint density at radius 2 is 1.27 bits per heavy atom. The fraction of sp³-hybridized carbons (Fsp3) is 0.682. The van der Waals surface area contributed by atoms with E-state index in [1.165, 1.54) is 7.11 Å². The van der Waals surface area contributed by atoms with Crippen LogP contribution in [0.15, 0.2) is 24.3 Å². The van der Waals surface area contributed by atoms with Crippen molar-refractivity contribution in [1.29, 1.82) is 0 Å². The summed E-state index contributed by atoms with van der Waals surface area (Å²) in [6.45, 7) is 16.1. The van der Waals surface area contributed by atoms with Gasteiger partial charge >= 0.3 is 20.2 Å². The van der Waals surface area contributed by atoms with Crippen molar-refractivity contribution in [3.05, 3.63) is 29.8 Å². The minimum absolute atomic E-state index is 0.170. The summed E-state index contributed by atoms with van der Waals surface area (Å²) in [5.74, 6) is -0.587. The molecule has 1 atom stereocenters. The molecule has 2 aliphatic heterocycles. The van der Waals surface area contributed by atoms with Gasteiger partial charge < -0.3 is 23.4 Å². The van der Waals surface area contributed by atoms with E-state index in [1.54, 1.807) is 0 Å². The van der Waals surface area contributed by atoms with E-state index in [-0.39, 0.29) is 18.2 Å². The molecule has 6 nitrogen and oxygen atoms in total. The predicted octanol–water partition coefficient (Wildman–Crippen LogP) is 3.26. The third-order valence-corrected chi connectivity index (χ3v) is 7.10. The standard InChI is InChI=1S/C22H34B2O6/c1-19(2)20(3,4)28-23(27-19)16-12-10-15(11-13-16)17(14-18(25)26-9)24-29-21(5,6)22(7,8)30-24/h10-13,17H,14H2,1-9H3. The number of carbonyl (C=O) groups is 1. The molecule has 164 valence electrons. The van der Waals surface area contributed by atoms with Gasteiger partial charge in [0.05, 0.1) is 35.9 Å². The molecule has 2 saturated heterocycles. The highest BCUT2D eigenvalue weighted by molar-refractivity contribution is 6.62. The van der Waals surface area contributed by atoms with Crippen LogP contribution in [0.25, 0.3) is 0 Å². The number of ether oxygens (including phenoxy) is 1. The van der Waals surface area contributed by atoms with Gasteiger partial charge in [0.1, 0.15) is 0 Å². The first-order chi connectivity index (χ1) is 13.7. The quantitative estimate of drug-likeness (QED) is 0.543. The summed E-state index contributed by atoms with van der Waals surface area (Å²) in [6, 6.07) is 7.93. The topological polar surface area (TPSA) is 63.2 Å². The van der Waals surface area contributed by atoms with Crippen molar-refractivity contribution < 1.29 is 28.1 Å². The molecule has 0 aliphatic carbocycles. The minimum atomic E-state index is -0.545. The van der Waals surface area contributed by atoms with Crippen LogP contribution >= 0.6 is 0 Å². The van der Waals surface area contributed by atoms with Crippen molar-refractivity contribution in [3.63, 3.8) is 0 Å². The molecule has 8 heteroatoms. The maximum Gasteiger partial charge on any atom is 0.494 e. The van der Waals surface area contributed by atoms with Gasteiger partial charge in [-0.2, -0.15) is 0 Å². The summed E-state index contributed by atoms with van der Waals surface area (Å²) >= 11 is 0. The second kappa shape index (κ2) is 7.66. The summed E-state index contributed by atoms with van der Waals surface area (Å²) < 4.78 is 29.7. The number of hydrogen-bond acceptors (Lipinski definition) is 6. The zero-order valence-corrected chi connectivity index (χ0v) is 19.7. The monoisotopic (exact) mass is 416 g/mol. The molecule has 2 aliphatic rings. The summed E-state index contributed by atoms with van der Waals surface area (Å²) in [4.78, 5) is 12.1. The Balaban J connectivity index is 1.84. The highest BCUT2D eigenvalue weighted by atomic mass is 16.7. The van der Waals surface area contributed by atoms with Gasteiger partial charge in [-0.25, -0.2) is 0 Å². The van der Waals surface area contributed by atoms with Crippen molar-refractivity contribution >= 4 is 25.7 Å². The average Bonchev–Trinajstić information content (AvgIpc) is 2.99. The van der Waals surface area contributed by atoms with E-state index in [0.29, 0.717) is 0 Å². The van der Waals surface area contributed by atoms with Crippen LogP contribution in [0, 0.1) is 0 Å². The maximum absolute atomic E-state index is 12.1. The molecule has 1 aromatic rings. The molecular weight excluding hydrogens is 382 g/mol. The van der Waals surface area contributed by atoms with E-state index >= 15 is 0 Å². The highest BCUT2D eigenvalue weighted by Crippen LogP contribution is 2.42. The number of benzene rings is 1. The van der Waals surface area contributed by atoms with E-state index in [2.05, 4.69) is 0 Å². The van der Waals surface area contributed by atoms with Gasteiger partial charge in [0.2, 0.25) is 0 Å². The molecule has 0 spiro atoms. The number of esters is 1. The average molecular weight is 416 g/mol. The Morgan fingerprint density at radius 3 is 1.70 bits per heavy atom. The first kappa shape index (κ1) is 23.3. The van der Waals surface area contributed by atoms with Crippen LogP contribution in [-0.2, 0) is 28.1 Å². The zero-order valence-electron chi connectivity index (χ0n) is 19.7. The Labute approximate surface area is 181 Å². The Morgan fingerprint density at radius 1 is 0.833 bits per heavy atom. The first-order valence-electron chi connectivity index (χ1n) is 10.6. The summed E-state index contributed by atoms with van der Waals surface area (Å²) in [7, 11) is 0.419. The fourth-order valence-electron chi connectivity index (χ4n) is 3.57. The van der Waals surface area contributed by atoms with E-state index in [4.69, 9.17) is 23.4 Å². The molecule has 0 amide bonds. The zero-order chi connectivity index (χ0) is 22.5. The van der Waals surface area contributed by atoms with E-state index < -0.39 is 36.6 Å². The molecule has 0 radical (unpaired) electrons. The number of carbonyl (C=O) groups excluding carboxylic acids is 1. The number of methoxy groups -OCH3 is 1. The third-order valence-electron chi connectivity index (χ3n) is 7.10. The molecule has 1 unspecified atom stereocenters. The lowest BCUT2D eigenvalue weighted by atomic mass is 9.65. The van der Waals surface area contributed by atoms with Crippen molar-refractivity contribution in [1.82, 2.24) is 0 Å². The van der Waals surface area contributed by atoms with Crippen LogP contribution in [0.2, 0.25) is 0 Å². The van der Waals surface area contributed by atoms with E-state index in [0.717, 1.165) is 11.0 Å². The smallest absolute Gasteiger partial charge is 0.469 e. The Bertz CT molecular complexity index is 755.